The maximum Gasteiger partial charge on any atom is 0.289 e. The summed E-state index contributed by atoms with van der Waals surface area (Å²) in [6.07, 6.45) is 0.0728. The highest BCUT2D eigenvalue weighted by molar-refractivity contribution is 6.05. The van der Waals surface area contributed by atoms with Crippen LogP contribution in [0.2, 0.25) is 0 Å². The lowest BCUT2D eigenvalue weighted by atomic mass is 10.0. The first-order valence-electron chi connectivity index (χ1n) is 9.96. The Morgan fingerprint density at radius 3 is 2.52 bits per heavy atom. The fourth-order valence-corrected chi connectivity index (χ4v) is 3.40. The number of anilines is 2. The summed E-state index contributed by atoms with van der Waals surface area (Å²) in [7, 11) is 1.78. The number of carbonyl (C=O) groups is 1. The van der Waals surface area contributed by atoms with Gasteiger partial charge in [-0.05, 0) is 26.0 Å². The van der Waals surface area contributed by atoms with Gasteiger partial charge in [-0.15, -0.1) is 0 Å². The van der Waals surface area contributed by atoms with Gasteiger partial charge in [-0.2, -0.15) is 5.10 Å². The van der Waals surface area contributed by atoms with Crippen molar-refractivity contribution in [2.45, 2.75) is 26.6 Å². The molecule has 1 unspecified atom stereocenters. The van der Waals surface area contributed by atoms with E-state index >= 15 is 0 Å². The van der Waals surface area contributed by atoms with Gasteiger partial charge in [0.1, 0.15) is 5.82 Å². The Morgan fingerprint density at radius 2 is 1.79 bits per heavy atom. The monoisotopic (exact) mass is 455 g/mol. The molecule has 4 aromatic rings. The molecule has 0 radical (unpaired) electrons. The van der Waals surface area contributed by atoms with Crippen molar-refractivity contribution in [1.82, 2.24) is 24.7 Å². The van der Waals surface area contributed by atoms with Gasteiger partial charge >= 0.3 is 0 Å². The highest BCUT2D eigenvalue weighted by Crippen LogP contribution is 2.28. The maximum absolute atomic E-state index is 13.7. The van der Waals surface area contributed by atoms with Crippen LogP contribution in [-0.2, 0) is 0 Å². The number of alkyl halides is 3. The summed E-state index contributed by atoms with van der Waals surface area (Å²) in [5.41, 5.74) is 3.37. The minimum Gasteiger partial charge on any atom is -0.373 e. The van der Waals surface area contributed by atoms with E-state index in [9.17, 15) is 18.0 Å². The van der Waals surface area contributed by atoms with E-state index in [1.165, 1.54) is 13.1 Å². The smallest absolute Gasteiger partial charge is 0.289 e. The van der Waals surface area contributed by atoms with Crippen molar-refractivity contribution in [3.63, 3.8) is 0 Å². The van der Waals surface area contributed by atoms with E-state index in [0.717, 1.165) is 33.9 Å². The summed E-state index contributed by atoms with van der Waals surface area (Å²) in [5, 5.41) is 10.1. The SMILES string of the molecule is CNc1cc2ncc(-c3cc(NC(=O)c4cnn(C(F)C(F)F)c4C)cnc3C)cc2cn1. The molecule has 0 saturated carbocycles. The molecule has 11 heteroatoms. The Bertz CT molecular complexity index is 1340. The van der Waals surface area contributed by atoms with Gasteiger partial charge in [0.15, 0.2) is 0 Å². The van der Waals surface area contributed by atoms with Crippen LogP contribution in [-0.4, -0.2) is 44.1 Å². The molecule has 2 N–H and O–H groups in total. The largest absolute Gasteiger partial charge is 0.373 e. The summed E-state index contributed by atoms with van der Waals surface area (Å²) in [6.45, 7) is 3.18. The second kappa shape index (κ2) is 8.85. The van der Waals surface area contributed by atoms with E-state index in [2.05, 4.69) is 30.7 Å². The zero-order valence-corrected chi connectivity index (χ0v) is 18.0. The number of pyridine rings is 3. The molecule has 1 amide bonds. The van der Waals surface area contributed by atoms with Crippen LogP contribution in [0.3, 0.4) is 0 Å². The number of hydrogen-bond donors (Lipinski definition) is 2. The van der Waals surface area contributed by atoms with Gasteiger partial charge in [0.05, 0.1) is 34.9 Å². The summed E-state index contributed by atoms with van der Waals surface area (Å²) in [5.74, 6) is 0.0915. The second-order valence-electron chi connectivity index (χ2n) is 7.34. The number of rotatable bonds is 6. The Morgan fingerprint density at radius 1 is 1.00 bits per heavy atom. The standard InChI is InChI=1S/C22H20F3N7O/c1-11-16(13-4-14-8-29-19(26-3)6-18(14)28-7-13)5-15(9-27-11)31-22(33)17-10-30-32(12(17)2)21(25)20(23)24/h4-10,20-21H,1-3H3,(H,26,29)(H,31,33). The molecule has 8 nitrogen and oxygen atoms in total. The zero-order chi connectivity index (χ0) is 23.7. The zero-order valence-electron chi connectivity index (χ0n) is 18.0. The number of amides is 1. The van der Waals surface area contributed by atoms with Crippen LogP contribution in [0.4, 0.5) is 24.7 Å². The molecule has 4 aromatic heterocycles. The van der Waals surface area contributed by atoms with Crippen molar-refractivity contribution >= 4 is 28.3 Å². The Balaban J connectivity index is 1.62. The molecule has 0 aliphatic heterocycles. The molecule has 0 bridgehead atoms. The molecule has 1 atom stereocenters. The van der Waals surface area contributed by atoms with Gasteiger partial charge in [-0.25, -0.2) is 22.8 Å². The predicted octanol–water partition coefficient (Wildman–Crippen LogP) is 4.53. The molecule has 0 saturated heterocycles. The third-order valence-corrected chi connectivity index (χ3v) is 5.21. The van der Waals surface area contributed by atoms with Crippen molar-refractivity contribution in [2.24, 2.45) is 0 Å². The first kappa shape index (κ1) is 22.2. The van der Waals surface area contributed by atoms with Crippen LogP contribution in [0.15, 0.2) is 43.0 Å². The molecule has 4 heterocycles. The van der Waals surface area contributed by atoms with Gasteiger partial charge in [-0.1, -0.05) is 0 Å². The first-order chi connectivity index (χ1) is 15.8. The van der Waals surface area contributed by atoms with E-state index in [1.807, 2.05) is 19.1 Å². The number of aryl methyl sites for hydroxylation is 1. The minimum absolute atomic E-state index is 0.00670. The Hall–Kier alpha value is -4.02. The van der Waals surface area contributed by atoms with Gasteiger partial charge < -0.3 is 10.6 Å². The number of nitrogens with zero attached hydrogens (tertiary/aromatic N) is 5. The molecular formula is C22H20F3N7O. The molecule has 0 fully saturated rings. The topological polar surface area (TPSA) is 97.6 Å². The van der Waals surface area contributed by atoms with Crippen LogP contribution in [0.1, 0.15) is 28.0 Å². The van der Waals surface area contributed by atoms with Gasteiger partial charge in [0.25, 0.3) is 18.6 Å². The Labute approximate surface area is 186 Å². The highest BCUT2D eigenvalue weighted by Gasteiger charge is 2.26. The normalized spacial score (nSPS) is 12.2. The fraction of sp³-hybridized carbons (Fsp3) is 0.227. The third kappa shape index (κ3) is 4.34. The van der Waals surface area contributed by atoms with E-state index in [1.54, 1.807) is 25.5 Å². The number of nitrogens with one attached hydrogen (secondary N) is 2. The van der Waals surface area contributed by atoms with Crippen molar-refractivity contribution in [2.75, 3.05) is 17.7 Å². The average molecular weight is 455 g/mol. The quantitative estimate of drug-likeness (QED) is 0.443. The predicted molar refractivity (Wildman–Crippen MR) is 118 cm³/mol. The first-order valence-corrected chi connectivity index (χ1v) is 9.96. The number of halogens is 3. The minimum atomic E-state index is -3.25. The van der Waals surface area contributed by atoms with Gasteiger partial charge in [0, 0.05) is 47.7 Å². The summed E-state index contributed by atoms with van der Waals surface area (Å²) < 4.78 is 39.5. The lowest BCUT2D eigenvalue weighted by Gasteiger charge is -2.11. The maximum atomic E-state index is 13.7. The van der Waals surface area contributed by atoms with Crippen LogP contribution in [0.5, 0.6) is 0 Å². The van der Waals surface area contributed by atoms with Crippen molar-refractivity contribution in [3.05, 3.63) is 59.9 Å². The van der Waals surface area contributed by atoms with E-state index in [4.69, 9.17) is 0 Å². The summed E-state index contributed by atoms with van der Waals surface area (Å²) in [6, 6.07) is 5.49. The van der Waals surface area contributed by atoms with E-state index in [-0.39, 0.29) is 11.3 Å². The summed E-state index contributed by atoms with van der Waals surface area (Å²) in [4.78, 5) is 25.8. The molecule has 0 aliphatic carbocycles. The van der Waals surface area contributed by atoms with E-state index in [0.29, 0.717) is 16.2 Å². The van der Waals surface area contributed by atoms with Crippen LogP contribution in [0, 0.1) is 13.8 Å². The lowest BCUT2D eigenvalue weighted by Crippen LogP contribution is -2.17. The molecular weight excluding hydrogens is 435 g/mol. The number of fused-ring (bicyclic) bond motifs is 1. The second-order valence-corrected chi connectivity index (χ2v) is 7.34. The molecule has 0 aliphatic rings. The Kier molecular flexibility index (Phi) is 5.95. The van der Waals surface area contributed by atoms with Gasteiger partial charge in [-0.3, -0.25) is 14.8 Å². The molecule has 4 rings (SSSR count). The molecule has 33 heavy (non-hydrogen) atoms. The van der Waals surface area contributed by atoms with Crippen molar-refractivity contribution < 1.29 is 18.0 Å². The van der Waals surface area contributed by atoms with Gasteiger partial charge in [0.2, 0.25) is 0 Å². The molecule has 170 valence electrons. The van der Waals surface area contributed by atoms with E-state index < -0.39 is 18.6 Å². The third-order valence-electron chi connectivity index (χ3n) is 5.21. The number of aromatic nitrogens is 5. The molecule has 0 spiro atoms. The lowest BCUT2D eigenvalue weighted by molar-refractivity contribution is -0.000472. The fourth-order valence-electron chi connectivity index (χ4n) is 3.40. The molecule has 0 aromatic carbocycles. The van der Waals surface area contributed by atoms with Crippen LogP contribution in [0.25, 0.3) is 22.0 Å². The summed E-state index contributed by atoms with van der Waals surface area (Å²) >= 11 is 0. The highest BCUT2D eigenvalue weighted by atomic mass is 19.3. The average Bonchev–Trinajstić information content (AvgIpc) is 3.20. The van der Waals surface area contributed by atoms with Crippen molar-refractivity contribution in [3.8, 4) is 11.1 Å². The van der Waals surface area contributed by atoms with Crippen molar-refractivity contribution in [1.29, 1.82) is 0 Å². The number of hydrogen-bond acceptors (Lipinski definition) is 6. The van der Waals surface area contributed by atoms with Crippen LogP contribution < -0.4 is 10.6 Å². The van der Waals surface area contributed by atoms with Crippen LogP contribution >= 0.6 is 0 Å². The number of carbonyl (C=O) groups excluding carboxylic acids is 1.